The van der Waals surface area contributed by atoms with Gasteiger partial charge in [-0.15, -0.1) is 0 Å². The largest absolute Gasteiger partial charge is 0.480 e. The van der Waals surface area contributed by atoms with Gasteiger partial charge in [0.05, 0.1) is 6.04 Å². The molecule has 23 heavy (non-hydrogen) atoms. The minimum atomic E-state index is -1.11. The standard InChI is InChI=1S/C14H28N4O4S/c1-8(2)11(18-12(19)9(16)7-23)13(20)17-10(14(21)22)5-3-4-6-15/h8-11,23H,3-7,15-16H2,1-2H3,(H,17,20)(H,18,19)(H,21,22)/t9-,10-,11-/m0/s1. The first-order valence-corrected chi connectivity index (χ1v) is 8.27. The Labute approximate surface area is 142 Å². The fourth-order valence-corrected chi connectivity index (χ4v) is 2.06. The lowest BCUT2D eigenvalue weighted by Gasteiger charge is -2.25. The average Bonchev–Trinajstić information content (AvgIpc) is 2.49. The van der Waals surface area contributed by atoms with Crippen LogP contribution in [0, 0.1) is 5.92 Å². The summed E-state index contributed by atoms with van der Waals surface area (Å²) in [6, 6.07) is -2.69. The van der Waals surface area contributed by atoms with Gasteiger partial charge in [0.2, 0.25) is 11.8 Å². The van der Waals surface area contributed by atoms with Gasteiger partial charge in [0.1, 0.15) is 12.1 Å². The van der Waals surface area contributed by atoms with Crippen molar-refractivity contribution in [3.8, 4) is 0 Å². The molecule has 0 unspecified atom stereocenters. The summed E-state index contributed by atoms with van der Waals surface area (Å²) >= 11 is 3.94. The lowest BCUT2D eigenvalue weighted by molar-refractivity contribution is -0.142. The van der Waals surface area contributed by atoms with Gasteiger partial charge in [-0.3, -0.25) is 9.59 Å². The predicted molar refractivity (Wildman–Crippen MR) is 91.1 cm³/mol. The molecule has 2 amide bonds. The molecule has 0 radical (unpaired) electrons. The number of hydrogen-bond donors (Lipinski definition) is 6. The Morgan fingerprint density at radius 3 is 2.17 bits per heavy atom. The smallest absolute Gasteiger partial charge is 0.326 e. The monoisotopic (exact) mass is 348 g/mol. The summed E-state index contributed by atoms with van der Waals surface area (Å²) in [6.45, 7) is 3.97. The summed E-state index contributed by atoms with van der Waals surface area (Å²) in [6.07, 6.45) is 1.56. The number of aliphatic carboxylic acids is 1. The first-order valence-electron chi connectivity index (χ1n) is 7.64. The molecule has 0 aliphatic carbocycles. The number of carbonyl (C=O) groups is 3. The number of amides is 2. The van der Waals surface area contributed by atoms with E-state index >= 15 is 0 Å². The van der Waals surface area contributed by atoms with Gasteiger partial charge in [0.25, 0.3) is 0 Å². The van der Waals surface area contributed by atoms with Gasteiger partial charge in [-0.25, -0.2) is 4.79 Å². The quantitative estimate of drug-likeness (QED) is 0.210. The molecular weight excluding hydrogens is 320 g/mol. The van der Waals surface area contributed by atoms with E-state index in [-0.39, 0.29) is 18.1 Å². The highest BCUT2D eigenvalue weighted by atomic mass is 32.1. The molecule has 0 saturated carbocycles. The lowest BCUT2D eigenvalue weighted by Crippen LogP contribution is -2.56. The van der Waals surface area contributed by atoms with E-state index in [1.165, 1.54) is 0 Å². The molecule has 0 bridgehead atoms. The molecule has 0 aromatic heterocycles. The first kappa shape index (κ1) is 21.7. The highest BCUT2D eigenvalue weighted by molar-refractivity contribution is 7.80. The first-order chi connectivity index (χ1) is 10.7. The van der Waals surface area contributed by atoms with E-state index in [2.05, 4.69) is 23.3 Å². The summed E-state index contributed by atoms with van der Waals surface area (Å²) < 4.78 is 0. The second-order valence-electron chi connectivity index (χ2n) is 5.70. The maximum atomic E-state index is 12.3. The van der Waals surface area contributed by atoms with Gasteiger partial charge in [-0.1, -0.05) is 13.8 Å². The predicted octanol–water partition coefficient (Wildman–Crippen LogP) is -0.917. The van der Waals surface area contributed by atoms with E-state index in [9.17, 15) is 19.5 Å². The Kier molecular flexibility index (Phi) is 10.6. The van der Waals surface area contributed by atoms with E-state index < -0.39 is 35.9 Å². The van der Waals surface area contributed by atoms with E-state index in [4.69, 9.17) is 11.5 Å². The number of carboxylic acids is 1. The van der Waals surface area contributed by atoms with Crippen LogP contribution in [0.15, 0.2) is 0 Å². The molecule has 134 valence electrons. The van der Waals surface area contributed by atoms with Gasteiger partial charge in [-0.2, -0.15) is 12.6 Å². The fraction of sp³-hybridized carbons (Fsp3) is 0.786. The van der Waals surface area contributed by atoms with Crippen LogP contribution in [0.3, 0.4) is 0 Å². The second kappa shape index (κ2) is 11.3. The molecule has 0 fully saturated rings. The third-order valence-corrected chi connectivity index (χ3v) is 3.74. The number of thiol groups is 1. The average molecular weight is 348 g/mol. The van der Waals surface area contributed by atoms with Crippen molar-refractivity contribution in [2.24, 2.45) is 17.4 Å². The summed E-state index contributed by atoms with van der Waals surface area (Å²) in [5, 5.41) is 14.2. The number of carbonyl (C=O) groups excluding carboxylic acids is 2. The zero-order chi connectivity index (χ0) is 18.0. The minimum Gasteiger partial charge on any atom is -0.480 e. The fourth-order valence-electron chi connectivity index (χ4n) is 1.89. The molecule has 3 atom stereocenters. The molecule has 9 heteroatoms. The van der Waals surface area contributed by atoms with E-state index in [0.29, 0.717) is 19.4 Å². The summed E-state index contributed by atoms with van der Waals surface area (Å²) in [5.41, 5.74) is 10.9. The van der Waals surface area contributed by atoms with Crippen LogP contribution in [0.4, 0.5) is 0 Å². The van der Waals surface area contributed by atoms with E-state index in [1.54, 1.807) is 13.8 Å². The van der Waals surface area contributed by atoms with E-state index in [1.807, 2.05) is 0 Å². The highest BCUT2D eigenvalue weighted by Crippen LogP contribution is 2.06. The Balaban J connectivity index is 4.81. The molecule has 0 heterocycles. The van der Waals surface area contributed by atoms with Crippen LogP contribution >= 0.6 is 12.6 Å². The number of nitrogens with one attached hydrogen (secondary N) is 2. The maximum absolute atomic E-state index is 12.3. The van der Waals surface area contributed by atoms with Crippen LogP contribution in [0.1, 0.15) is 33.1 Å². The van der Waals surface area contributed by atoms with Crippen LogP contribution in [0.5, 0.6) is 0 Å². The minimum absolute atomic E-state index is 0.148. The van der Waals surface area contributed by atoms with E-state index in [0.717, 1.165) is 0 Å². The van der Waals surface area contributed by atoms with Crippen molar-refractivity contribution in [1.82, 2.24) is 10.6 Å². The van der Waals surface area contributed by atoms with Crippen LogP contribution < -0.4 is 22.1 Å². The maximum Gasteiger partial charge on any atom is 0.326 e. The van der Waals surface area contributed by atoms with Crippen molar-refractivity contribution < 1.29 is 19.5 Å². The molecule has 7 N–H and O–H groups in total. The van der Waals surface area contributed by atoms with Gasteiger partial charge in [0, 0.05) is 5.75 Å². The van der Waals surface area contributed by atoms with Crippen molar-refractivity contribution in [3.63, 3.8) is 0 Å². The molecule has 0 spiro atoms. The van der Waals surface area contributed by atoms with Crippen molar-refractivity contribution in [3.05, 3.63) is 0 Å². The number of hydrogen-bond acceptors (Lipinski definition) is 6. The topological polar surface area (TPSA) is 148 Å². The van der Waals surface area contributed by atoms with Crippen LogP contribution in [-0.2, 0) is 14.4 Å². The van der Waals surface area contributed by atoms with Crippen LogP contribution in [-0.4, -0.2) is 53.3 Å². The van der Waals surface area contributed by atoms with Gasteiger partial charge >= 0.3 is 5.97 Å². The van der Waals surface area contributed by atoms with Gasteiger partial charge in [-0.05, 0) is 31.7 Å². The molecule has 0 aliphatic rings. The van der Waals surface area contributed by atoms with Crippen molar-refractivity contribution in [2.45, 2.75) is 51.2 Å². The summed E-state index contributed by atoms with van der Waals surface area (Å²) in [7, 11) is 0. The van der Waals surface area contributed by atoms with Crippen molar-refractivity contribution in [1.29, 1.82) is 0 Å². The molecule has 0 aliphatic heterocycles. The summed E-state index contributed by atoms with van der Waals surface area (Å²) in [5.74, 6) is -2.22. The van der Waals surface area contributed by atoms with Gasteiger partial charge < -0.3 is 27.2 Å². The second-order valence-corrected chi connectivity index (χ2v) is 6.07. The van der Waals surface area contributed by atoms with Gasteiger partial charge in [0.15, 0.2) is 0 Å². The Bertz CT molecular complexity index is 406. The number of carboxylic acid groups (broad SMARTS) is 1. The number of nitrogens with two attached hydrogens (primary N) is 2. The molecule has 0 rings (SSSR count). The third kappa shape index (κ3) is 8.19. The lowest BCUT2D eigenvalue weighted by atomic mass is 10.0. The Hall–Kier alpha value is -1.32. The van der Waals surface area contributed by atoms with Crippen molar-refractivity contribution >= 4 is 30.4 Å². The molecule has 8 nitrogen and oxygen atoms in total. The zero-order valence-corrected chi connectivity index (χ0v) is 14.5. The number of rotatable bonds is 11. The highest BCUT2D eigenvalue weighted by Gasteiger charge is 2.29. The van der Waals surface area contributed by atoms with Crippen LogP contribution in [0.2, 0.25) is 0 Å². The summed E-state index contributed by atoms with van der Waals surface area (Å²) in [4.78, 5) is 35.4. The Morgan fingerprint density at radius 1 is 1.13 bits per heavy atom. The zero-order valence-electron chi connectivity index (χ0n) is 13.6. The SMILES string of the molecule is CC(C)[C@H](NC(=O)[C@@H](N)CS)C(=O)N[C@@H](CCCCN)C(=O)O. The normalized spacial score (nSPS) is 14.9. The molecule has 0 saturated heterocycles. The molecular formula is C14H28N4O4S. The van der Waals surface area contributed by atoms with Crippen LogP contribution in [0.25, 0.3) is 0 Å². The van der Waals surface area contributed by atoms with Crippen molar-refractivity contribution in [2.75, 3.05) is 12.3 Å². The number of unbranched alkanes of at least 4 members (excludes halogenated alkanes) is 1. The molecule has 0 aromatic rings. The Morgan fingerprint density at radius 2 is 1.74 bits per heavy atom. The molecule has 0 aromatic carbocycles. The third-order valence-electron chi connectivity index (χ3n) is 3.34.